The zero-order valence-electron chi connectivity index (χ0n) is 11.4. The molecule has 1 amide bonds. The van der Waals surface area contributed by atoms with Crippen molar-refractivity contribution in [1.82, 2.24) is 4.98 Å². The number of carbonyl (C=O) groups is 1. The van der Waals surface area contributed by atoms with Gasteiger partial charge in [0, 0.05) is 6.92 Å². The molecule has 2 aromatic rings. The topological polar surface area (TPSA) is 89.1 Å². The van der Waals surface area contributed by atoms with Crippen LogP contribution in [-0.2, 0) is 4.79 Å². The van der Waals surface area contributed by atoms with Crippen molar-refractivity contribution in [3.8, 4) is 5.75 Å². The molecule has 0 saturated carbocycles. The quantitative estimate of drug-likeness (QED) is 0.865. The lowest BCUT2D eigenvalue weighted by Gasteiger charge is -1.97. The van der Waals surface area contributed by atoms with Crippen molar-refractivity contribution in [2.75, 3.05) is 12.4 Å². The van der Waals surface area contributed by atoms with Gasteiger partial charge in [-0.2, -0.15) is 4.98 Å². The third-order valence-electron chi connectivity index (χ3n) is 2.38. The van der Waals surface area contributed by atoms with E-state index in [1.807, 2.05) is 0 Å². The van der Waals surface area contributed by atoms with E-state index in [-0.39, 0.29) is 17.8 Å². The van der Waals surface area contributed by atoms with Crippen LogP contribution in [0, 0.1) is 6.92 Å². The van der Waals surface area contributed by atoms with Gasteiger partial charge < -0.3 is 9.15 Å². The number of methoxy groups -OCH3 is 1. The van der Waals surface area contributed by atoms with Crippen molar-refractivity contribution in [2.24, 2.45) is 10.2 Å². The number of aryl methyl sites for hydroxylation is 1. The van der Waals surface area contributed by atoms with Gasteiger partial charge in [0.15, 0.2) is 0 Å². The molecule has 0 bridgehead atoms. The van der Waals surface area contributed by atoms with E-state index < -0.39 is 0 Å². The van der Waals surface area contributed by atoms with Crippen molar-refractivity contribution in [2.45, 2.75) is 13.8 Å². The van der Waals surface area contributed by atoms with Gasteiger partial charge in [0.05, 0.1) is 12.8 Å². The largest absolute Gasteiger partial charge is 0.497 e. The highest BCUT2D eigenvalue weighted by atomic mass is 16.5. The van der Waals surface area contributed by atoms with Gasteiger partial charge in [0.1, 0.15) is 11.4 Å². The summed E-state index contributed by atoms with van der Waals surface area (Å²) >= 11 is 0. The highest BCUT2D eigenvalue weighted by molar-refractivity contribution is 5.86. The molecule has 0 spiro atoms. The minimum Gasteiger partial charge on any atom is -0.497 e. The first-order valence-corrected chi connectivity index (χ1v) is 5.89. The second-order valence-electron chi connectivity index (χ2n) is 3.99. The highest BCUT2D eigenvalue weighted by Gasteiger charge is 2.09. The number of hydrogen-bond acceptors (Lipinski definition) is 6. The number of oxazole rings is 1. The number of nitrogens with one attached hydrogen (secondary N) is 1. The maximum absolute atomic E-state index is 10.9. The summed E-state index contributed by atoms with van der Waals surface area (Å²) in [5.74, 6) is 0.738. The van der Waals surface area contributed by atoms with E-state index in [9.17, 15) is 4.79 Å². The molecule has 1 aromatic heterocycles. The molecule has 7 heteroatoms. The average Bonchev–Trinajstić information content (AvgIpc) is 2.76. The van der Waals surface area contributed by atoms with Crippen LogP contribution >= 0.6 is 0 Å². The number of rotatable bonds is 4. The van der Waals surface area contributed by atoms with E-state index in [0.717, 1.165) is 5.75 Å². The molecule has 0 unspecified atom stereocenters. The number of benzene rings is 1. The summed E-state index contributed by atoms with van der Waals surface area (Å²) in [7, 11) is 1.60. The molecular weight excluding hydrogens is 260 g/mol. The predicted molar refractivity (Wildman–Crippen MR) is 72.7 cm³/mol. The smallest absolute Gasteiger partial charge is 0.303 e. The third-order valence-corrected chi connectivity index (χ3v) is 2.38. The molecular formula is C13H14N4O3. The Balaban J connectivity index is 2.13. The summed E-state index contributed by atoms with van der Waals surface area (Å²) in [6.07, 6.45) is 0. The molecule has 0 aliphatic rings. The minimum absolute atomic E-state index is 0.110. The van der Waals surface area contributed by atoms with Crippen LogP contribution in [-0.4, -0.2) is 18.0 Å². The summed E-state index contributed by atoms with van der Waals surface area (Å²) < 4.78 is 10.3. The molecule has 0 saturated heterocycles. The molecule has 0 radical (unpaired) electrons. The molecule has 1 N–H and O–H groups in total. The lowest BCUT2D eigenvalue weighted by molar-refractivity contribution is -0.114. The van der Waals surface area contributed by atoms with Gasteiger partial charge in [-0.15, -0.1) is 10.2 Å². The molecule has 104 valence electrons. The number of amides is 1. The van der Waals surface area contributed by atoms with Gasteiger partial charge in [-0.25, -0.2) is 0 Å². The Morgan fingerprint density at radius 3 is 2.60 bits per heavy atom. The molecule has 7 nitrogen and oxygen atoms in total. The van der Waals surface area contributed by atoms with Crippen molar-refractivity contribution < 1.29 is 13.9 Å². The summed E-state index contributed by atoms with van der Waals surface area (Å²) in [5.41, 5.74) is 1.20. The number of carbonyl (C=O) groups excluding carboxylic acids is 1. The Labute approximate surface area is 115 Å². The van der Waals surface area contributed by atoms with Crippen LogP contribution in [0.2, 0.25) is 0 Å². The van der Waals surface area contributed by atoms with Crippen molar-refractivity contribution in [3.63, 3.8) is 0 Å². The fraction of sp³-hybridized carbons (Fsp3) is 0.231. The Morgan fingerprint density at radius 2 is 2.00 bits per heavy atom. The highest BCUT2D eigenvalue weighted by Crippen LogP contribution is 2.26. The second kappa shape index (κ2) is 5.96. The molecule has 0 fully saturated rings. The van der Waals surface area contributed by atoms with Crippen LogP contribution in [0.25, 0.3) is 0 Å². The molecule has 20 heavy (non-hydrogen) atoms. The van der Waals surface area contributed by atoms with Gasteiger partial charge in [-0.1, -0.05) is 0 Å². The Kier molecular flexibility index (Phi) is 4.09. The number of hydrogen-bond donors (Lipinski definition) is 1. The van der Waals surface area contributed by atoms with Crippen molar-refractivity contribution in [3.05, 3.63) is 30.0 Å². The molecule has 0 aliphatic carbocycles. The van der Waals surface area contributed by atoms with E-state index in [1.165, 1.54) is 6.92 Å². The van der Waals surface area contributed by atoms with E-state index in [2.05, 4.69) is 20.5 Å². The number of ether oxygens (including phenoxy) is 1. The number of anilines is 1. The van der Waals surface area contributed by atoms with E-state index in [1.54, 1.807) is 38.3 Å². The van der Waals surface area contributed by atoms with Crippen molar-refractivity contribution in [1.29, 1.82) is 0 Å². The number of aromatic nitrogens is 1. The summed E-state index contributed by atoms with van der Waals surface area (Å²) in [6, 6.07) is 7.21. The van der Waals surface area contributed by atoms with Gasteiger partial charge in [-0.3, -0.25) is 10.1 Å². The van der Waals surface area contributed by atoms with Crippen LogP contribution in [0.3, 0.4) is 0 Å². The van der Waals surface area contributed by atoms with Crippen LogP contribution < -0.4 is 10.1 Å². The van der Waals surface area contributed by atoms with Gasteiger partial charge in [-0.05, 0) is 31.2 Å². The molecule has 1 aromatic carbocycles. The molecule has 1 heterocycles. The van der Waals surface area contributed by atoms with Crippen molar-refractivity contribution >= 4 is 23.5 Å². The first kappa shape index (κ1) is 13.7. The van der Waals surface area contributed by atoms with Gasteiger partial charge in [0.25, 0.3) is 5.88 Å². The van der Waals surface area contributed by atoms with Gasteiger partial charge in [0.2, 0.25) is 5.91 Å². The lowest BCUT2D eigenvalue weighted by atomic mass is 10.3. The average molecular weight is 274 g/mol. The summed E-state index contributed by atoms with van der Waals surface area (Å²) in [6.45, 7) is 3.09. The Hall–Kier alpha value is -2.70. The minimum atomic E-state index is -0.259. The zero-order chi connectivity index (χ0) is 14.5. The van der Waals surface area contributed by atoms with Gasteiger partial charge >= 0.3 is 6.01 Å². The second-order valence-corrected chi connectivity index (χ2v) is 3.99. The SMILES string of the molecule is COc1ccc(N=Nc2oc(NC(C)=O)nc2C)cc1. The lowest BCUT2D eigenvalue weighted by Crippen LogP contribution is -2.05. The first-order valence-electron chi connectivity index (χ1n) is 5.89. The van der Waals surface area contributed by atoms with Crippen LogP contribution in [0.4, 0.5) is 17.6 Å². The molecule has 0 aliphatic heterocycles. The number of nitrogens with zero attached hydrogens (tertiary/aromatic N) is 3. The predicted octanol–water partition coefficient (Wildman–Crippen LogP) is 3.37. The number of azo groups is 1. The maximum atomic E-state index is 10.9. The standard InChI is InChI=1S/C13H14N4O3/c1-8-12(20-13(14-8)15-9(2)18)17-16-10-4-6-11(19-3)7-5-10/h4-7H,1-3H3,(H,14,15,18). The van der Waals surface area contributed by atoms with E-state index in [4.69, 9.17) is 9.15 Å². The fourth-order valence-electron chi connectivity index (χ4n) is 1.44. The van der Waals surface area contributed by atoms with Crippen LogP contribution in [0.15, 0.2) is 38.9 Å². The summed E-state index contributed by atoms with van der Waals surface area (Å²) in [4.78, 5) is 14.9. The molecule has 2 rings (SSSR count). The van der Waals surface area contributed by atoms with Crippen LogP contribution in [0.1, 0.15) is 12.6 Å². The third kappa shape index (κ3) is 3.41. The normalized spacial score (nSPS) is 10.8. The fourth-order valence-corrected chi connectivity index (χ4v) is 1.44. The zero-order valence-corrected chi connectivity index (χ0v) is 11.4. The summed E-state index contributed by atoms with van der Waals surface area (Å²) in [5, 5.41) is 10.4. The Morgan fingerprint density at radius 1 is 1.30 bits per heavy atom. The maximum Gasteiger partial charge on any atom is 0.303 e. The van der Waals surface area contributed by atoms with Crippen LogP contribution in [0.5, 0.6) is 5.75 Å². The van der Waals surface area contributed by atoms with E-state index >= 15 is 0 Å². The monoisotopic (exact) mass is 274 g/mol. The molecule has 0 atom stereocenters. The first-order chi connectivity index (χ1) is 9.58. The Bertz CT molecular complexity index is 632. The van der Waals surface area contributed by atoms with E-state index in [0.29, 0.717) is 11.4 Å².